The van der Waals surface area contributed by atoms with Gasteiger partial charge >= 0.3 is 5.91 Å². The summed E-state index contributed by atoms with van der Waals surface area (Å²) in [6.45, 7) is 4.52. The number of nitriles is 1. The maximum atomic E-state index is 12.6. The lowest BCUT2D eigenvalue weighted by atomic mass is 10.1. The van der Waals surface area contributed by atoms with Crippen LogP contribution in [0, 0.1) is 25.2 Å². The molecule has 0 spiro atoms. The number of nitrogens with one attached hydrogen (secondary N) is 1. The predicted molar refractivity (Wildman–Crippen MR) is 163 cm³/mol. The number of halogens is 1. The molecule has 9 heteroatoms. The van der Waals surface area contributed by atoms with Crippen LogP contribution in [0.2, 0.25) is 0 Å². The molecule has 0 bridgehead atoms. The third kappa shape index (κ3) is 6.79. The maximum Gasteiger partial charge on any atom is 0.307 e. The molecule has 0 fully saturated rings. The van der Waals surface area contributed by atoms with Crippen molar-refractivity contribution in [2.24, 2.45) is 5.10 Å². The number of amides is 1. The molecule has 5 rings (SSSR count). The Labute approximate surface area is 251 Å². The number of carbonyl (C=O) groups is 1. The number of aryl methyl sites for hydroxylation is 2. The molecule has 2 aromatic heterocycles. The molecule has 0 radical (unpaired) electrons. The Balaban J connectivity index is 1.16. The van der Waals surface area contributed by atoms with Crippen LogP contribution in [0.15, 0.2) is 105 Å². The first kappa shape index (κ1) is 28.5. The van der Waals surface area contributed by atoms with Crippen molar-refractivity contribution < 1.29 is 18.7 Å². The fraction of sp³-hybridized carbons (Fsp3) is 0.121. The van der Waals surface area contributed by atoms with E-state index in [1.165, 1.54) is 6.21 Å². The molecular formula is C33H27BrN4O4. The Bertz CT molecular complexity index is 1760. The molecule has 0 atom stereocenters. The second-order valence-electron chi connectivity index (χ2n) is 9.44. The number of aromatic nitrogens is 1. The molecule has 5 aromatic rings. The Morgan fingerprint density at radius 2 is 1.74 bits per heavy atom. The first-order valence-electron chi connectivity index (χ1n) is 13.1. The molecule has 210 valence electrons. The zero-order valence-electron chi connectivity index (χ0n) is 23.0. The van der Waals surface area contributed by atoms with Gasteiger partial charge in [0.05, 0.1) is 17.8 Å². The van der Waals surface area contributed by atoms with Crippen LogP contribution < -0.4 is 14.9 Å². The Kier molecular flexibility index (Phi) is 8.85. The molecule has 0 aliphatic rings. The molecule has 2 heterocycles. The Hall–Kier alpha value is -5.07. The van der Waals surface area contributed by atoms with Crippen LogP contribution in [0.5, 0.6) is 11.5 Å². The number of benzene rings is 3. The van der Waals surface area contributed by atoms with Crippen molar-refractivity contribution in [3.05, 3.63) is 135 Å². The third-order valence-corrected chi connectivity index (χ3v) is 6.99. The lowest BCUT2D eigenvalue weighted by Gasteiger charge is -2.11. The normalized spacial score (nSPS) is 10.9. The molecular weight excluding hydrogens is 596 g/mol. The summed E-state index contributed by atoms with van der Waals surface area (Å²) in [5, 5.41) is 13.4. The van der Waals surface area contributed by atoms with Crippen LogP contribution in [0.4, 0.5) is 0 Å². The quantitative estimate of drug-likeness (QED) is 0.131. The molecule has 0 saturated heterocycles. The van der Waals surface area contributed by atoms with Gasteiger partial charge in [-0.3, -0.25) is 4.79 Å². The van der Waals surface area contributed by atoms with Crippen LogP contribution in [0.25, 0.3) is 5.69 Å². The van der Waals surface area contributed by atoms with Crippen molar-refractivity contribution in [1.29, 1.82) is 5.26 Å². The number of nitrogens with zero attached hydrogens (tertiary/aromatic N) is 3. The largest absolute Gasteiger partial charge is 0.488 e. The fourth-order valence-electron chi connectivity index (χ4n) is 4.38. The van der Waals surface area contributed by atoms with Gasteiger partial charge in [-0.05, 0) is 86.6 Å². The number of rotatable bonds is 10. The fourth-order valence-corrected chi connectivity index (χ4v) is 4.76. The third-order valence-electron chi connectivity index (χ3n) is 6.50. The minimum absolute atomic E-state index is 0.110. The topological polar surface area (TPSA) is 102 Å². The number of carbonyl (C=O) groups excluding carboxylic acids is 1. The van der Waals surface area contributed by atoms with E-state index < -0.39 is 5.91 Å². The first-order valence-corrected chi connectivity index (χ1v) is 13.9. The maximum absolute atomic E-state index is 12.6. The van der Waals surface area contributed by atoms with E-state index in [0.717, 1.165) is 27.1 Å². The molecule has 0 saturated carbocycles. The smallest absolute Gasteiger partial charge is 0.307 e. The van der Waals surface area contributed by atoms with Crippen molar-refractivity contribution in [3.63, 3.8) is 0 Å². The van der Waals surface area contributed by atoms with Gasteiger partial charge in [-0.15, -0.1) is 0 Å². The van der Waals surface area contributed by atoms with Crippen molar-refractivity contribution in [1.82, 2.24) is 9.99 Å². The van der Waals surface area contributed by atoms with E-state index >= 15 is 0 Å². The predicted octanol–water partition coefficient (Wildman–Crippen LogP) is 7.24. The zero-order chi connectivity index (χ0) is 29.5. The molecule has 0 unspecified atom stereocenters. The van der Waals surface area contributed by atoms with Crippen LogP contribution in [0.1, 0.15) is 44.4 Å². The van der Waals surface area contributed by atoms with Crippen molar-refractivity contribution in [2.75, 3.05) is 0 Å². The van der Waals surface area contributed by atoms with Crippen LogP contribution >= 0.6 is 15.9 Å². The summed E-state index contributed by atoms with van der Waals surface area (Å²) in [6, 6.07) is 30.1. The van der Waals surface area contributed by atoms with Gasteiger partial charge in [0, 0.05) is 32.7 Å². The first-order chi connectivity index (χ1) is 20.4. The summed E-state index contributed by atoms with van der Waals surface area (Å²) in [5.74, 6) is 1.35. The zero-order valence-corrected chi connectivity index (χ0v) is 24.6. The standard InChI is InChI=1S/C33H27BrN4O4/c1-22-7-8-23(2)38(22)28-10-12-29(13-11-28)40-21-30-14-16-32(42-30)33(39)37-36-19-26-17-27(34)9-15-31(26)41-20-25-6-4-3-5-24(25)18-35/h3-17,19H,20-21H2,1-2H3,(H,37,39)/b36-19+. The van der Waals surface area contributed by atoms with Crippen LogP contribution in [-0.2, 0) is 13.2 Å². The average Bonchev–Trinajstić information content (AvgIpc) is 3.62. The minimum Gasteiger partial charge on any atom is -0.488 e. The molecule has 1 amide bonds. The number of ether oxygens (including phenoxy) is 2. The highest BCUT2D eigenvalue weighted by Crippen LogP contribution is 2.24. The highest BCUT2D eigenvalue weighted by Gasteiger charge is 2.12. The van der Waals surface area contributed by atoms with Gasteiger partial charge in [-0.25, -0.2) is 5.43 Å². The summed E-state index contributed by atoms with van der Waals surface area (Å²) in [7, 11) is 0. The van der Waals surface area contributed by atoms with E-state index in [4.69, 9.17) is 13.9 Å². The second kappa shape index (κ2) is 13.1. The SMILES string of the molecule is Cc1ccc(C)n1-c1ccc(OCc2ccc(C(=O)N/N=C/c3cc(Br)ccc3OCc3ccccc3C#N)o2)cc1. The van der Waals surface area contributed by atoms with E-state index in [-0.39, 0.29) is 19.0 Å². The van der Waals surface area contributed by atoms with Gasteiger partial charge in [0.15, 0.2) is 5.76 Å². The minimum atomic E-state index is -0.500. The molecule has 42 heavy (non-hydrogen) atoms. The highest BCUT2D eigenvalue weighted by atomic mass is 79.9. The van der Waals surface area contributed by atoms with E-state index in [0.29, 0.717) is 28.4 Å². The van der Waals surface area contributed by atoms with Gasteiger partial charge in [-0.2, -0.15) is 10.4 Å². The van der Waals surface area contributed by atoms with E-state index in [2.05, 4.69) is 63.1 Å². The Morgan fingerprint density at radius 1 is 0.976 bits per heavy atom. The Morgan fingerprint density at radius 3 is 2.50 bits per heavy atom. The van der Waals surface area contributed by atoms with Crippen molar-refractivity contribution in [3.8, 4) is 23.3 Å². The molecule has 0 aliphatic carbocycles. The van der Waals surface area contributed by atoms with Gasteiger partial charge in [0.25, 0.3) is 0 Å². The number of hydrogen-bond donors (Lipinski definition) is 1. The monoisotopic (exact) mass is 622 g/mol. The lowest BCUT2D eigenvalue weighted by molar-refractivity contribution is 0.0923. The number of hydrogen-bond acceptors (Lipinski definition) is 6. The second-order valence-corrected chi connectivity index (χ2v) is 10.4. The van der Waals surface area contributed by atoms with E-state index in [1.807, 2.05) is 54.6 Å². The lowest BCUT2D eigenvalue weighted by Crippen LogP contribution is -2.17. The summed E-state index contributed by atoms with van der Waals surface area (Å²) >= 11 is 3.45. The van der Waals surface area contributed by atoms with E-state index in [1.54, 1.807) is 24.3 Å². The summed E-state index contributed by atoms with van der Waals surface area (Å²) in [4.78, 5) is 12.6. The average molecular weight is 624 g/mol. The summed E-state index contributed by atoms with van der Waals surface area (Å²) < 4.78 is 20.5. The summed E-state index contributed by atoms with van der Waals surface area (Å²) in [6.07, 6.45) is 1.49. The van der Waals surface area contributed by atoms with Gasteiger partial charge in [-0.1, -0.05) is 34.1 Å². The molecule has 0 aliphatic heterocycles. The van der Waals surface area contributed by atoms with Crippen LogP contribution in [0.3, 0.4) is 0 Å². The molecule has 3 aromatic carbocycles. The van der Waals surface area contributed by atoms with Crippen molar-refractivity contribution >= 4 is 28.1 Å². The van der Waals surface area contributed by atoms with Gasteiger partial charge < -0.3 is 18.5 Å². The van der Waals surface area contributed by atoms with Gasteiger partial charge in [0.2, 0.25) is 0 Å². The molecule has 1 N–H and O–H groups in total. The number of furan rings is 1. The number of hydrazone groups is 1. The molecule has 8 nitrogen and oxygen atoms in total. The highest BCUT2D eigenvalue weighted by molar-refractivity contribution is 9.10. The van der Waals surface area contributed by atoms with Crippen LogP contribution in [-0.4, -0.2) is 16.7 Å². The van der Waals surface area contributed by atoms with Gasteiger partial charge in [0.1, 0.15) is 30.5 Å². The summed E-state index contributed by atoms with van der Waals surface area (Å²) in [5.41, 5.74) is 7.83. The van der Waals surface area contributed by atoms with E-state index in [9.17, 15) is 10.1 Å². The van der Waals surface area contributed by atoms with Crippen molar-refractivity contribution in [2.45, 2.75) is 27.1 Å².